The highest BCUT2D eigenvalue weighted by atomic mass is 28.4. The van der Waals surface area contributed by atoms with Crippen LogP contribution in [0.2, 0.25) is 18.1 Å². The van der Waals surface area contributed by atoms with Gasteiger partial charge in [0.2, 0.25) is 0 Å². The van der Waals surface area contributed by atoms with Gasteiger partial charge in [0.25, 0.3) is 0 Å². The first kappa shape index (κ1) is 24.7. The van der Waals surface area contributed by atoms with E-state index in [4.69, 9.17) is 9.16 Å². The summed E-state index contributed by atoms with van der Waals surface area (Å²) < 4.78 is 12.5. The number of aliphatic hydroxyl groups is 1. The number of ether oxygens (including phenoxy) is 1. The van der Waals surface area contributed by atoms with Gasteiger partial charge in [0.15, 0.2) is 8.32 Å². The molecule has 5 nitrogen and oxygen atoms in total. The number of hydrogen-bond donors (Lipinski definition) is 1. The minimum atomic E-state index is -2.16. The summed E-state index contributed by atoms with van der Waals surface area (Å²) in [5, 5.41) is 14.0. The molecule has 1 unspecified atom stereocenters. The lowest BCUT2D eigenvalue weighted by Gasteiger charge is -2.40. The van der Waals surface area contributed by atoms with E-state index in [2.05, 4.69) is 58.1 Å². The van der Waals surface area contributed by atoms with Crippen molar-refractivity contribution in [1.29, 1.82) is 0 Å². The van der Waals surface area contributed by atoms with Gasteiger partial charge in [-0.15, -0.1) is 0 Å². The lowest BCUT2D eigenvalue weighted by molar-refractivity contribution is -0.0816. The number of carbonyl (C=O) groups is 1. The van der Waals surface area contributed by atoms with Crippen LogP contribution in [0.5, 0.6) is 0 Å². The Hall–Kier alpha value is -1.89. The lowest BCUT2D eigenvalue weighted by Crippen LogP contribution is -2.49. The molecule has 32 heavy (non-hydrogen) atoms. The second kappa shape index (κ2) is 8.15. The highest BCUT2D eigenvalue weighted by Gasteiger charge is 2.56. The van der Waals surface area contributed by atoms with E-state index < -0.39 is 31.7 Å². The number of carbonyl (C=O) groups excluding carboxylic acids is 1. The molecule has 2 aromatic carbocycles. The monoisotopic (exact) mass is 457 g/mol. The number of likely N-dealkylation sites (tertiary alicyclic amines) is 1. The minimum absolute atomic E-state index is 0.00608. The van der Waals surface area contributed by atoms with Crippen molar-refractivity contribution in [2.45, 2.75) is 89.9 Å². The maximum atomic E-state index is 13.1. The normalized spacial score (nSPS) is 24.8. The summed E-state index contributed by atoms with van der Waals surface area (Å²) in [5.74, 6) is -0.395. The van der Waals surface area contributed by atoms with Crippen molar-refractivity contribution >= 4 is 25.2 Å². The van der Waals surface area contributed by atoms with Crippen molar-refractivity contribution in [2.75, 3.05) is 6.54 Å². The maximum Gasteiger partial charge on any atom is 0.412 e. The third kappa shape index (κ3) is 4.87. The van der Waals surface area contributed by atoms with E-state index in [1.54, 1.807) is 6.92 Å². The van der Waals surface area contributed by atoms with Crippen molar-refractivity contribution < 1.29 is 19.1 Å². The van der Waals surface area contributed by atoms with E-state index in [9.17, 15) is 9.90 Å². The Morgan fingerprint density at radius 2 is 1.66 bits per heavy atom. The SMILES string of the molecule is CC(C)(C)OC(=O)N1C[C@H](O[Si](C)(C)C(C)(C)C)C(c2ccc3ccccc3c2)[C@]1(C)O. The fourth-order valence-corrected chi connectivity index (χ4v) is 5.48. The molecule has 1 fully saturated rings. The Labute approximate surface area is 193 Å². The molecular formula is C26H39NO4Si. The Balaban J connectivity index is 2.06. The Morgan fingerprint density at radius 1 is 1.06 bits per heavy atom. The van der Waals surface area contributed by atoms with Gasteiger partial charge >= 0.3 is 6.09 Å². The Bertz CT molecular complexity index is 987. The highest BCUT2D eigenvalue weighted by molar-refractivity contribution is 6.74. The quantitative estimate of drug-likeness (QED) is 0.552. The fraction of sp³-hybridized carbons (Fsp3) is 0.577. The molecule has 176 valence electrons. The first-order valence-corrected chi connectivity index (χ1v) is 14.3. The van der Waals surface area contributed by atoms with Crippen molar-refractivity contribution in [3.63, 3.8) is 0 Å². The van der Waals surface area contributed by atoms with E-state index in [0.717, 1.165) is 16.3 Å². The smallest absolute Gasteiger partial charge is 0.412 e. The fourth-order valence-electron chi connectivity index (χ4n) is 4.16. The van der Waals surface area contributed by atoms with Crippen molar-refractivity contribution in [3.05, 3.63) is 48.0 Å². The molecule has 1 aliphatic rings. The molecule has 1 amide bonds. The van der Waals surface area contributed by atoms with Gasteiger partial charge in [-0.1, -0.05) is 63.2 Å². The topological polar surface area (TPSA) is 59.0 Å². The summed E-state index contributed by atoms with van der Waals surface area (Å²) in [6.07, 6.45) is -0.853. The largest absolute Gasteiger partial charge is 0.444 e. The second-order valence-corrected chi connectivity index (χ2v) is 16.4. The zero-order chi connectivity index (χ0) is 24.1. The molecule has 0 bridgehead atoms. The standard InChI is InChI=1S/C26H39NO4Si/c1-24(2,3)30-23(28)27-17-21(31-32(8,9)25(4,5)6)22(26(27,7)29)20-15-14-18-12-10-11-13-19(18)16-20/h10-16,21-22,29H,17H2,1-9H3/t21-,22?,26-/m0/s1. The number of benzene rings is 2. The van der Waals surface area contributed by atoms with Crippen LogP contribution in [-0.2, 0) is 9.16 Å². The van der Waals surface area contributed by atoms with Crippen LogP contribution in [0.4, 0.5) is 4.79 Å². The lowest BCUT2D eigenvalue weighted by atomic mass is 9.87. The van der Waals surface area contributed by atoms with Crippen molar-refractivity contribution in [2.24, 2.45) is 0 Å². The zero-order valence-electron chi connectivity index (χ0n) is 21.0. The highest BCUT2D eigenvalue weighted by Crippen LogP contribution is 2.47. The molecule has 1 saturated heterocycles. The second-order valence-electron chi connectivity index (χ2n) is 11.7. The number of fused-ring (bicyclic) bond motifs is 1. The van der Waals surface area contributed by atoms with Crippen LogP contribution in [0.25, 0.3) is 10.8 Å². The Morgan fingerprint density at radius 3 is 2.22 bits per heavy atom. The van der Waals surface area contributed by atoms with Gasteiger partial charge in [0, 0.05) is 0 Å². The molecule has 3 rings (SSSR count). The zero-order valence-corrected chi connectivity index (χ0v) is 22.0. The summed E-state index contributed by atoms with van der Waals surface area (Å²) in [4.78, 5) is 14.5. The Kier molecular flexibility index (Phi) is 6.30. The van der Waals surface area contributed by atoms with Gasteiger partial charge < -0.3 is 14.3 Å². The maximum absolute atomic E-state index is 13.1. The predicted molar refractivity (Wildman–Crippen MR) is 132 cm³/mol. The molecule has 3 atom stereocenters. The van der Waals surface area contributed by atoms with Gasteiger partial charge in [-0.3, -0.25) is 4.90 Å². The number of nitrogens with zero attached hydrogens (tertiary/aromatic N) is 1. The molecule has 0 saturated carbocycles. The molecule has 1 heterocycles. The van der Waals surface area contributed by atoms with E-state index in [1.165, 1.54) is 4.90 Å². The minimum Gasteiger partial charge on any atom is -0.444 e. The first-order chi connectivity index (χ1) is 14.5. The third-order valence-corrected chi connectivity index (χ3v) is 11.4. The van der Waals surface area contributed by atoms with Crippen LogP contribution >= 0.6 is 0 Å². The number of amides is 1. The van der Waals surface area contributed by atoms with Gasteiger partial charge in [0.05, 0.1) is 18.6 Å². The molecular weight excluding hydrogens is 418 g/mol. The summed E-state index contributed by atoms with van der Waals surface area (Å²) in [7, 11) is -2.16. The van der Waals surface area contributed by atoms with Gasteiger partial charge in [0.1, 0.15) is 11.3 Å². The van der Waals surface area contributed by atoms with Crippen LogP contribution in [0.1, 0.15) is 59.9 Å². The molecule has 0 aliphatic carbocycles. The van der Waals surface area contributed by atoms with Crippen LogP contribution in [0, 0.1) is 0 Å². The molecule has 6 heteroatoms. The summed E-state index contributed by atoms with van der Waals surface area (Å²) >= 11 is 0. The molecule has 1 N–H and O–H groups in total. The van der Waals surface area contributed by atoms with Crippen molar-refractivity contribution in [3.8, 4) is 0 Å². The van der Waals surface area contributed by atoms with E-state index in [0.29, 0.717) is 0 Å². The molecule has 0 spiro atoms. The molecule has 1 aliphatic heterocycles. The first-order valence-electron chi connectivity index (χ1n) is 11.4. The van der Waals surface area contributed by atoms with E-state index in [1.807, 2.05) is 39.0 Å². The summed E-state index contributed by atoms with van der Waals surface area (Å²) in [6.45, 7) is 18.5. The molecule has 2 aromatic rings. The van der Waals surface area contributed by atoms with Crippen LogP contribution in [0.15, 0.2) is 42.5 Å². The van der Waals surface area contributed by atoms with Gasteiger partial charge in [-0.2, -0.15) is 0 Å². The average molecular weight is 458 g/mol. The van der Waals surface area contributed by atoms with Crippen LogP contribution < -0.4 is 0 Å². The van der Waals surface area contributed by atoms with E-state index in [-0.39, 0.29) is 17.7 Å². The number of hydrogen-bond acceptors (Lipinski definition) is 4. The molecule has 0 aromatic heterocycles. The summed E-state index contributed by atoms with van der Waals surface area (Å²) in [5.41, 5.74) is -1.13. The van der Waals surface area contributed by atoms with Crippen LogP contribution in [0.3, 0.4) is 0 Å². The average Bonchev–Trinajstić information content (AvgIpc) is 2.88. The predicted octanol–water partition coefficient (Wildman–Crippen LogP) is 6.27. The van der Waals surface area contributed by atoms with E-state index >= 15 is 0 Å². The third-order valence-electron chi connectivity index (χ3n) is 6.87. The van der Waals surface area contributed by atoms with Crippen molar-refractivity contribution in [1.82, 2.24) is 4.90 Å². The summed E-state index contributed by atoms with van der Waals surface area (Å²) in [6, 6.07) is 14.4. The van der Waals surface area contributed by atoms with Gasteiger partial charge in [-0.05, 0) is 62.2 Å². The number of rotatable bonds is 3. The molecule has 0 radical (unpaired) electrons. The van der Waals surface area contributed by atoms with Crippen LogP contribution in [-0.4, -0.2) is 48.4 Å². The van der Waals surface area contributed by atoms with Gasteiger partial charge in [-0.25, -0.2) is 4.79 Å².